The molecule has 160 valence electrons. The molecule has 0 fully saturated rings. The molecule has 0 saturated carbocycles. The first-order valence-corrected chi connectivity index (χ1v) is 12.2. The molecule has 0 saturated heterocycles. The predicted octanol–water partition coefficient (Wildman–Crippen LogP) is 10.0. The van der Waals surface area contributed by atoms with Crippen LogP contribution in [0.2, 0.25) is 0 Å². The number of allylic oxidation sites excluding steroid dienone is 10. The number of hydrogen-bond acceptors (Lipinski definition) is 0. The Morgan fingerprint density at radius 3 is 1.07 bits per heavy atom. The fourth-order valence-electron chi connectivity index (χ4n) is 3.10. The van der Waals surface area contributed by atoms with Crippen LogP contribution < -0.4 is 0 Å². The number of hydrogen-bond donors (Lipinski definition) is 0. The maximum atomic E-state index is 2.39. The second-order valence-electron chi connectivity index (χ2n) is 7.79. The van der Waals surface area contributed by atoms with Gasteiger partial charge in [0.05, 0.1) is 0 Å². The van der Waals surface area contributed by atoms with E-state index in [4.69, 9.17) is 0 Å². The summed E-state index contributed by atoms with van der Waals surface area (Å²) in [7, 11) is 0. The van der Waals surface area contributed by atoms with Crippen LogP contribution in [0, 0.1) is 0 Å². The van der Waals surface area contributed by atoms with Crippen LogP contribution in [0.15, 0.2) is 60.8 Å². The van der Waals surface area contributed by atoms with Crippen LogP contribution in [0.4, 0.5) is 0 Å². The Bertz CT molecular complexity index is 419. The van der Waals surface area contributed by atoms with Gasteiger partial charge in [0.2, 0.25) is 0 Å². The first kappa shape index (κ1) is 26.7. The van der Waals surface area contributed by atoms with Crippen molar-refractivity contribution in [1.82, 2.24) is 0 Å². The second-order valence-corrected chi connectivity index (χ2v) is 7.79. The highest BCUT2D eigenvalue weighted by Crippen LogP contribution is 2.07. The standard InChI is InChI=1S/C28H48/c1-3-5-7-9-11-13-15-17-19-21-23-25-27-28-26-24-22-20-18-16-14-12-10-8-6-4-2/h15-19,21,23,25,27-28H,3-14,20,22,24,26H2,1-2H3. The molecule has 0 bridgehead atoms. The van der Waals surface area contributed by atoms with Crippen molar-refractivity contribution in [3.8, 4) is 0 Å². The van der Waals surface area contributed by atoms with E-state index in [1.807, 2.05) is 0 Å². The predicted molar refractivity (Wildman–Crippen MR) is 131 cm³/mol. The van der Waals surface area contributed by atoms with Crippen LogP contribution in [0.25, 0.3) is 0 Å². The average molecular weight is 385 g/mol. The molecule has 0 spiro atoms. The molecule has 0 N–H and O–H groups in total. The van der Waals surface area contributed by atoms with Gasteiger partial charge in [0, 0.05) is 0 Å². The summed E-state index contributed by atoms with van der Waals surface area (Å²) in [5.74, 6) is 0. The van der Waals surface area contributed by atoms with Crippen LogP contribution in [-0.2, 0) is 0 Å². The largest absolute Gasteiger partial charge is 0.0885 e. The molecule has 0 unspecified atom stereocenters. The highest BCUT2D eigenvalue weighted by atomic mass is 13.9. The minimum atomic E-state index is 1.19. The summed E-state index contributed by atoms with van der Waals surface area (Å²) in [6.45, 7) is 4.54. The van der Waals surface area contributed by atoms with Crippen LogP contribution in [0.5, 0.6) is 0 Å². The van der Waals surface area contributed by atoms with Crippen LogP contribution >= 0.6 is 0 Å². The molecule has 0 rings (SSSR count). The Hall–Kier alpha value is -1.30. The quantitative estimate of drug-likeness (QED) is 0.111. The summed E-state index contributed by atoms with van der Waals surface area (Å²) in [5.41, 5.74) is 0. The van der Waals surface area contributed by atoms with Crippen molar-refractivity contribution in [3.05, 3.63) is 60.8 Å². The van der Waals surface area contributed by atoms with Crippen molar-refractivity contribution in [3.63, 3.8) is 0 Å². The molecule has 0 radical (unpaired) electrons. The van der Waals surface area contributed by atoms with Gasteiger partial charge >= 0.3 is 0 Å². The van der Waals surface area contributed by atoms with Gasteiger partial charge in [-0.1, -0.05) is 126 Å². The van der Waals surface area contributed by atoms with E-state index in [1.165, 1.54) is 103 Å². The monoisotopic (exact) mass is 384 g/mol. The Morgan fingerprint density at radius 2 is 0.643 bits per heavy atom. The molecular weight excluding hydrogens is 336 g/mol. The van der Waals surface area contributed by atoms with Crippen molar-refractivity contribution < 1.29 is 0 Å². The highest BCUT2D eigenvalue weighted by Gasteiger charge is 1.87. The van der Waals surface area contributed by atoms with Gasteiger partial charge in [0.1, 0.15) is 0 Å². The SMILES string of the molecule is CCCCCCCC=CC=CC=CC=CCCCCC=CCCCCCCC. The summed E-state index contributed by atoms with van der Waals surface area (Å²) in [6.07, 6.45) is 43.5. The summed E-state index contributed by atoms with van der Waals surface area (Å²) in [6, 6.07) is 0. The normalized spacial score (nSPS) is 12.8. The zero-order valence-electron chi connectivity index (χ0n) is 19.1. The van der Waals surface area contributed by atoms with Gasteiger partial charge in [0.15, 0.2) is 0 Å². The van der Waals surface area contributed by atoms with Crippen LogP contribution in [-0.4, -0.2) is 0 Å². The van der Waals surface area contributed by atoms with E-state index >= 15 is 0 Å². The van der Waals surface area contributed by atoms with E-state index in [0.717, 1.165) is 0 Å². The van der Waals surface area contributed by atoms with Crippen LogP contribution in [0.3, 0.4) is 0 Å². The molecule has 0 aliphatic carbocycles. The third kappa shape index (κ3) is 24.7. The van der Waals surface area contributed by atoms with Gasteiger partial charge in [-0.2, -0.15) is 0 Å². The zero-order valence-corrected chi connectivity index (χ0v) is 19.1. The first-order chi connectivity index (χ1) is 13.9. The van der Waals surface area contributed by atoms with E-state index < -0.39 is 0 Å². The Labute approximate surface area is 177 Å². The minimum absolute atomic E-state index is 1.19. The average Bonchev–Trinajstić information content (AvgIpc) is 2.71. The van der Waals surface area contributed by atoms with Gasteiger partial charge in [-0.25, -0.2) is 0 Å². The molecule has 0 nitrogen and oxygen atoms in total. The number of rotatable bonds is 20. The van der Waals surface area contributed by atoms with E-state index in [0.29, 0.717) is 0 Å². The lowest BCUT2D eigenvalue weighted by Crippen LogP contribution is -1.76. The highest BCUT2D eigenvalue weighted by molar-refractivity contribution is 5.15. The van der Waals surface area contributed by atoms with Crippen molar-refractivity contribution >= 4 is 0 Å². The Morgan fingerprint density at radius 1 is 0.321 bits per heavy atom. The topological polar surface area (TPSA) is 0 Å². The van der Waals surface area contributed by atoms with E-state index in [-0.39, 0.29) is 0 Å². The van der Waals surface area contributed by atoms with E-state index in [1.54, 1.807) is 0 Å². The van der Waals surface area contributed by atoms with E-state index in [9.17, 15) is 0 Å². The first-order valence-electron chi connectivity index (χ1n) is 12.2. The molecule has 0 aromatic heterocycles. The summed E-state index contributed by atoms with van der Waals surface area (Å²) < 4.78 is 0. The fraction of sp³-hybridized carbons (Fsp3) is 0.643. The maximum absolute atomic E-state index is 2.39. The van der Waals surface area contributed by atoms with Crippen molar-refractivity contribution in [2.45, 2.75) is 117 Å². The third-order valence-corrected chi connectivity index (χ3v) is 4.93. The molecule has 28 heavy (non-hydrogen) atoms. The second kappa shape index (κ2) is 25.7. The molecule has 0 atom stereocenters. The van der Waals surface area contributed by atoms with E-state index in [2.05, 4.69) is 74.6 Å². The lowest BCUT2D eigenvalue weighted by Gasteiger charge is -1.96. The lowest BCUT2D eigenvalue weighted by molar-refractivity contribution is 0.636. The molecule has 0 aliphatic rings. The van der Waals surface area contributed by atoms with Gasteiger partial charge in [-0.15, -0.1) is 0 Å². The van der Waals surface area contributed by atoms with Crippen molar-refractivity contribution in [1.29, 1.82) is 0 Å². The fourth-order valence-corrected chi connectivity index (χ4v) is 3.10. The third-order valence-electron chi connectivity index (χ3n) is 4.93. The molecule has 0 heteroatoms. The zero-order chi connectivity index (χ0) is 20.4. The van der Waals surface area contributed by atoms with Gasteiger partial charge < -0.3 is 0 Å². The Kier molecular flexibility index (Phi) is 24.5. The number of unbranched alkanes of at least 4 members (excludes halogenated alkanes) is 13. The summed E-state index contributed by atoms with van der Waals surface area (Å²) in [4.78, 5) is 0. The molecule has 0 aromatic carbocycles. The van der Waals surface area contributed by atoms with Crippen LogP contribution in [0.1, 0.15) is 117 Å². The maximum Gasteiger partial charge on any atom is -0.0347 e. The van der Waals surface area contributed by atoms with Crippen molar-refractivity contribution in [2.24, 2.45) is 0 Å². The minimum Gasteiger partial charge on any atom is -0.0885 e. The summed E-state index contributed by atoms with van der Waals surface area (Å²) in [5, 5.41) is 0. The lowest BCUT2D eigenvalue weighted by atomic mass is 10.1. The van der Waals surface area contributed by atoms with Gasteiger partial charge in [-0.05, 0) is 51.4 Å². The molecule has 0 aliphatic heterocycles. The Balaban J connectivity index is 3.39. The van der Waals surface area contributed by atoms with Gasteiger partial charge in [0.25, 0.3) is 0 Å². The molecule has 0 aromatic rings. The smallest absolute Gasteiger partial charge is 0.0347 e. The van der Waals surface area contributed by atoms with Gasteiger partial charge in [-0.3, -0.25) is 0 Å². The molecular formula is C28H48. The molecule has 0 amide bonds. The van der Waals surface area contributed by atoms with Crippen molar-refractivity contribution in [2.75, 3.05) is 0 Å². The molecule has 0 heterocycles. The summed E-state index contributed by atoms with van der Waals surface area (Å²) >= 11 is 0.